The molecule has 0 radical (unpaired) electrons. The molecule has 8 heteroatoms. The molecule has 0 saturated heterocycles. The summed E-state index contributed by atoms with van der Waals surface area (Å²) in [5.74, 6) is 0.648. The van der Waals surface area contributed by atoms with Gasteiger partial charge in [-0.2, -0.15) is 5.26 Å². The van der Waals surface area contributed by atoms with Gasteiger partial charge in [-0.05, 0) is 74.6 Å². The number of hydrogen-bond donors (Lipinski definition) is 1. The number of benzene rings is 2. The third-order valence-corrected chi connectivity index (χ3v) is 7.97. The second kappa shape index (κ2) is 10.9. The van der Waals surface area contributed by atoms with Crippen LogP contribution in [0.3, 0.4) is 0 Å². The smallest absolute Gasteiger partial charge is 0.306 e. The quantitative estimate of drug-likeness (QED) is 0.376. The minimum Gasteiger partial charge on any atom is -0.466 e. The van der Waals surface area contributed by atoms with Gasteiger partial charge in [0.25, 0.3) is 0 Å². The monoisotopic (exact) mass is 513 g/mol. The Labute approximate surface area is 223 Å². The molecular weight excluding hydrogens is 478 g/mol. The minimum atomic E-state index is -0.312. The molecule has 2 saturated carbocycles. The predicted molar refractivity (Wildman–Crippen MR) is 145 cm³/mol. The molecule has 0 spiro atoms. The summed E-state index contributed by atoms with van der Waals surface area (Å²) in [5, 5.41) is 12.4. The summed E-state index contributed by atoms with van der Waals surface area (Å²) in [4.78, 5) is 32.6. The fraction of sp³-hybridized carbons (Fsp3) is 0.467. The highest BCUT2D eigenvalue weighted by molar-refractivity contribution is 5.83. The number of nitrogens with one attached hydrogen (secondary N) is 1. The number of imidazole rings is 1. The lowest BCUT2D eigenvalue weighted by Gasteiger charge is -2.38. The van der Waals surface area contributed by atoms with E-state index >= 15 is 0 Å². The minimum absolute atomic E-state index is 0.0517. The predicted octanol–water partition coefficient (Wildman–Crippen LogP) is 5.16. The van der Waals surface area contributed by atoms with E-state index in [0.29, 0.717) is 18.7 Å². The SMILES string of the molecule is CCOC(=O)CCC(=O)N(C1CCCC1)C1(c2ccc3c(c2)nc(CNc2ccc(C#N)cc2)n3C)CC1. The van der Waals surface area contributed by atoms with E-state index < -0.39 is 0 Å². The third-order valence-electron chi connectivity index (χ3n) is 7.97. The lowest BCUT2D eigenvalue weighted by Crippen LogP contribution is -2.46. The molecule has 3 aromatic rings. The lowest BCUT2D eigenvalue weighted by atomic mass is 9.98. The van der Waals surface area contributed by atoms with E-state index in [1.54, 1.807) is 19.1 Å². The number of fused-ring (bicyclic) bond motifs is 1. The summed E-state index contributed by atoms with van der Waals surface area (Å²) >= 11 is 0. The number of nitriles is 1. The van der Waals surface area contributed by atoms with Gasteiger partial charge in [0.15, 0.2) is 0 Å². The first-order chi connectivity index (χ1) is 18.4. The zero-order valence-electron chi connectivity index (χ0n) is 22.2. The number of ether oxygens (including phenoxy) is 1. The molecule has 198 valence electrons. The molecule has 8 nitrogen and oxygen atoms in total. The van der Waals surface area contributed by atoms with Crippen molar-refractivity contribution >= 4 is 28.6 Å². The number of nitrogens with zero attached hydrogens (tertiary/aromatic N) is 4. The van der Waals surface area contributed by atoms with Gasteiger partial charge in [0.2, 0.25) is 5.91 Å². The Morgan fingerprint density at radius 1 is 1.16 bits per heavy atom. The van der Waals surface area contributed by atoms with Crippen LogP contribution >= 0.6 is 0 Å². The molecule has 0 aliphatic heterocycles. The topological polar surface area (TPSA) is 100 Å². The van der Waals surface area contributed by atoms with E-state index in [9.17, 15) is 9.59 Å². The van der Waals surface area contributed by atoms with Gasteiger partial charge in [-0.1, -0.05) is 18.9 Å². The Balaban J connectivity index is 1.37. The van der Waals surface area contributed by atoms with Crippen LogP contribution in [0.25, 0.3) is 11.0 Å². The molecule has 0 bridgehead atoms. The average Bonchev–Trinajstić information content (AvgIpc) is 3.41. The summed E-state index contributed by atoms with van der Waals surface area (Å²) in [7, 11) is 2.02. The summed E-state index contributed by atoms with van der Waals surface area (Å²) in [6.45, 7) is 2.67. The fourth-order valence-corrected chi connectivity index (χ4v) is 5.84. The highest BCUT2D eigenvalue weighted by Crippen LogP contribution is 2.54. The van der Waals surface area contributed by atoms with Gasteiger partial charge < -0.3 is 19.5 Å². The second-order valence-corrected chi connectivity index (χ2v) is 10.4. The van der Waals surface area contributed by atoms with E-state index in [-0.39, 0.29) is 36.3 Å². The maximum atomic E-state index is 13.6. The number of carbonyl (C=O) groups is 2. The number of amides is 1. The first-order valence-electron chi connectivity index (χ1n) is 13.6. The van der Waals surface area contributed by atoms with Crippen LogP contribution in [0.2, 0.25) is 0 Å². The summed E-state index contributed by atoms with van der Waals surface area (Å²) in [6.07, 6.45) is 6.48. The van der Waals surface area contributed by atoms with Gasteiger partial charge >= 0.3 is 5.97 Å². The number of rotatable bonds is 10. The molecule has 0 atom stereocenters. The van der Waals surface area contributed by atoms with Crippen molar-refractivity contribution in [2.75, 3.05) is 11.9 Å². The van der Waals surface area contributed by atoms with Crippen LogP contribution < -0.4 is 5.32 Å². The average molecular weight is 514 g/mol. The Morgan fingerprint density at radius 2 is 1.89 bits per heavy atom. The Hall–Kier alpha value is -3.86. The molecule has 2 fully saturated rings. The first kappa shape index (κ1) is 25.8. The molecule has 5 rings (SSSR count). The molecule has 2 aliphatic rings. The van der Waals surface area contributed by atoms with E-state index in [2.05, 4.69) is 39.1 Å². The van der Waals surface area contributed by atoms with Gasteiger partial charge in [0, 0.05) is 25.2 Å². The van der Waals surface area contributed by atoms with Crippen molar-refractivity contribution in [2.24, 2.45) is 7.05 Å². The van der Waals surface area contributed by atoms with Crippen molar-refractivity contribution in [3.63, 3.8) is 0 Å². The first-order valence-corrected chi connectivity index (χ1v) is 13.6. The number of carbonyl (C=O) groups excluding carboxylic acids is 2. The number of hydrogen-bond acceptors (Lipinski definition) is 6. The van der Waals surface area contributed by atoms with Gasteiger partial charge in [0.05, 0.1) is 47.8 Å². The number of aromatic nitrogens is 2. The Bertz CT molecular complexity index is 1360. The molecule has 0 unspecified atom stereocenters. The van der Waals surface area contributed by atoms with Crippen LogP contribution in [0.4, 0.5) is 5.69 Å². The molecule has 38 heavy (non-hydrogen) atoms. The van der Waals surface area contributed by atoms with Crippen molar-refractivity contribution in [2.45, 2.75) is 76.4 Å². The number of aryl methyl sites for hydroxylation is 1. The lowest BCUT2D eigenvalue weighted by molar-refractivity contribution is -0.147. The molecule has 1 aromatic heterocycles. The van der Waals surface area contributed by atoms with Crippen molar-refractivity contribution < 1.29 is 14.3 Å². The highest BCUT2D eigenvalue weighted by Gasteiger charge is 2.54. The molecule has 1 amide bonds. The second-order valence-electron chi connectivity index (χ2n) is 10.4. The molecular formula is C30H35N5O3. The molecule has 1 N–H and O–H groups in total. The normalized spacial score (nSPS) is 16.2. The van der Waals surface area contributed by atoms with Crippen LogP contribution in [0.15, 0.2) is 42.5 Å². The zero-order chi connectivity index (χ0) is 26.7. The molecule has 2 aliphatic carbocycles. The van der Waals surface area contributed by atoms with Crippen LogP contribution in [0.1, 0.15) is 75.2 Å². The van der Waals surface area contributed by atoms with Gasteiger partial charge in [-0.25, -0.2) is 4.98 Å². The summed E-state index contributed by atoms with van der Waals surface area (Å²) < 4.78 is 7.16. The van der Waals surface area contributed by atoms with Gasteiger partial charge in [-0.15, -0.1) is 0 Å². The fourth-order valence-electron chi connectivity index (χ4n) is 5.84. The van der Waals surface area contributed by atoms with E-state index in [0.717, 1.165) is 66.6 Å². The summed E-state index contributed by atoms with van der Waals surface area (Å²) in [5.41, 5.74) is 4.34. The maximum absolute atomic E-state index is 13.6. The van der Waals surface area contributed by atoms with E-state index in [1.807, 2.05) is 19.2 Å². The van der Waals surface area contributed by atoms with Crippen molar-refractivity contribution in [3.05, 3.63) is 59.4 Å². The van der Waals surface area contributed by atoms with Crippen LogP contribution in [0.5, 0.6) is 0 Å². The zero-order valence-corrected chi connectivity index (χ0v) is 22.2. The Kier molecular flexibility index (Phi) is 7.37. The third kappa shape index (κ3) is 5.10. The van der Waals surface area contributed by atoms with Gasteiger partial charge in [-0.3, -0.25) is 9.59 Å². The van der Waals surface area contributed by atoms with E-state index in [1.165, 1.54) is 0 Å². The Morgan fingerprint density at radius 3 is 2.55 bits per heavy atom. The number of esters is 1. The highest BCUT2D eigenvalue weighted by atomic mass is 16.5. The van der Waals surface area contributed by atoms with Crippen LogP contribution in [-0.4, -0.2) is 39.0 Å². The van der Waals surface area contributed by atoms with Crippen molar-refractivity contribution in [1.29, 1.82) is 5.26 Å². The van der Waals surface area contributed by atoms with Crippen LogP contribution in [-0.2, 0) is 33.5 Å². The largest absolute Gasteiger partial charge is 0.466 e. The maximum Gasteiger partial charge on any atom is 0.306 e. The molecule has 2 aromatic carbocycles. The van der Waals surface area contributed by atoms with Crippen LogP contribution in [0, 0.1) is 11.3 Å². The standard InChI is InChI=1S/C30H35N5O3/c1-3-38-29(37)15-14-28(36)35(24-6-4-5-7-24)30(16-17-30)22-10-13-26-25(18-22)33-27(34(26)2)20-32-23-11-8-21(19-31)9-12-23/h8-13,18,24,32H,3-7,14-17,20H2,1-2H3. The molecule has 1 heterocycles. The van der Waals surface area contributed by atoms with Crippen molar-refractivity contribution in [1.82, 2.24) is 14.5 Å². The number of anilines is 1. The van der Waals surface area contributed by atoms with E-state index in [4.69, 9.17) is 15.0 Å². The van der Waals surface area contributed by atoms with Crippen molar-refractivity contribution in [3.8, 4) is 6.07 Å². The van der Waals surface area contributed by atoms with Gasteiger partial charge in [0.1, 0.15) is 5.82 Å². The summed E-state index contributed by atoms with van der Waals surface area (Å²) in [6, 6.07) is 16.1.